The molecular formula is C19H26N4O3. The van der Waals surface area contributed by atoms with Crippen molar-refractivity contribution in [3.63, 3.8) is 0 Å². The van der Waals surface area contributed by atoms with Gasteiger partial charge in [0.1, 0.15) is 5.69 Å². The quantitative estimate of drug-likeness (QED) is 0.709. The van der Waals surface area contributed by atoms with Crippen molar-refractivity contribution in [2.75, 3.05) is 18.5 Å². The number of nitrogens with one attached hydrogen (secondary N) is 2. The van der Waals surface area contributed by atoms with Crippen LogP contribution in [0, 0.1) is 0 Å². The second-order valence-electron chi connectivity index (χ2n) is 6.28. The van der Waals surface area contributed by atoms with Gasteiger partial charge in [-0.2, -0.15) is 0 Å². The lowest BCUT2D eigenvalue weighted by Gasteiger charge is -2.19. The number of benzene rings is 1. The normalized spacial score (nSPS) is 10.5. The summed E-state index contributed by atoms with van der Waals surface area (Å²) >= 11 is 0. The van der Waals surface area contributed by atoms with E-state index in [-0.39, 0.29) is 5.69 Å². The van der Waals surface area contributed by atoms with Crippen molar-refractivity contribution in [1.29, 1.82) is 0 Å². The maximum atomic E-state index is 12.3. The van der Waals surface area contributed by atoms with Crippen LogP contribution in [-0.4, -0.2) is 29.2 Å². The molecular weight excluding hydrogens is 332 g/mol. The van der Waals surface area contributed by atoms with E-state index >= 15 is 0 Å². The molecule has 0 unspecified atom stereocenters. The Kier molecular flexibility index (Phi) is 7.20. The largest absolute Gasteiger partial charge is 0.365 e. The number of anilines is 1. The first kappa shape index (κ1) is 19.5. The summed E-state index contributed by atoms with van der Waals surface area (Å²) in [4.78, 5) is 40.3. The van der Waals surface area contributed by atoms with E-state index < -0.39 is 17.3 Å². The molecule has 2 aromatic rings. The first-order valence-corrected chi connectivity index (χ1v) is 8.92. The average Bonchev–Trinajstić information content (AvgIpc) is 2.62. The standard InChI is InChI=1S/C19H26N4O3/c1-3-4-5-9-12-20-18(25)23-14-16(17(24)21-19(23)26)22(2)13-15-10-7-6-8-11-15/h6-8,10-11,14H,3-5,9,12-13H2,1-2H3,(H,20,25)(H,21,24,26). The van der Waals surface area contributed by atoms with E-state index in [2.05, 4.69) is 17.2 Å². The molecule has 7 nitrogen and oxygen atoms in total. The Morgan fingerprint density at radius 2 is 1.88 bits per heavy atom. The van der Waals surface area contributed by atoms with Crippen LogP contribution in [-0.2, 0) is 6.54 Å². The number of aromatic amines is 1. The van der Waals surface area contributed by atoms with Gasteiger partial charge in [-0.3, -0.25) is 9.78 Å². The fourth-order valence-corrected chi connectivity index (χ4v) is 2.66. The number of aromatic nitrogens is 2. The van der Waals surface area contributed by atoms with Crippen LogP contribution in [0.5, 0.6) is 0 Å². The summed E-state index contributed by atoms with van der Waals surface area (Å²) < 4.78 is 0.915. The second kappa shape index (κ2) is 9.60. The van der Waals surface area contributed by atoms with Crippen molar-refractivity contribution >= 4 is 11.7 Å². The number of carbonyl (C=O) groups is 1. The monoisotopic (exact) mass is 358 g/mol. The number of hydrogen-bond donors (Lipinski definition) is 2. The predicted molar refractivity (Wildman–Crippen MR) is 103 cm³/mol. The Hall–Kier alpha value is -2.83. The number of hydrogen-bond acceptors (Lipinski definition) is 4. The van der Waals surface area contributed by atoms with Gasteiger partial charge < -0.3 is 10.2 Å². The highest BCUT2D eigenvalue weighted by molar-refractivity contribution is 5.77. The lowest BCUT2D eigenvalue weighted by Crippen LogP contribution is -2.41. The van der Waals surface area contributed by atoms with Gasteiger partial charge in [-0.15, -0.1) is 0 Å². The molecule has 0 saturated carbocycles. The highest BCUT2D eigenvalue weighted by Gasteiger charge is 2.13. The van der Waals surface area contributed by atoms with Crippen LogP contribution < -0.4 is 21.5 Å². The Labute approximate surface area is 152 Å². The Balaban J connectivity index is 2.11. The van der Waals surface area contributed by atoms with Gasteiger partial charge in [-0.1, -0.05) is 56.5 Å². The summed E-state index contributed by atoms with van der Waals surface area (Å²) in [6.07, 6.45) is 5.42. The molecule has 0 aliphatic heterocycles. The molecule has 0 spiro atoms. The maximum Gasteiger partial charge on any atom is 0.336 e. The topological polar surface area (TPSA) is 87.2 Å². The zero-order valence-electron chi connectivity index (χ0n) is 15.3. The third-order valence-corrected chi connectivity index (χ3v) is 4.12. The number of unbranched alkanes of at least 4 members (excludes halogenated alkanes) is 3. The zero-order valence-corrected chi connectivity index (χ0v) is 15.3. The van der Waals surface area contributed by atoms with Crippen LogP contribution in [0.2, 0.25) is 0 Å². The van der Waals surface area contributed by atoms with E-state index in [1.165, 1.54) is 6.20 Å². The van der Waals surface area contributed by atoms with E-state index in [1.54, 1.807) is 11.9 Å². The van der Waals surface area contributed by atoms with Gasteiger partial charge in [-0.25, -0.2) is 14.2 Å². The summed E-state index contributed by atoms with van der Waals surface area (Å²) in [5.74, 6) is 0. The fourth-order valence-electron chi connectivity index (χ4n) is 2.66. The van der Waals surface area contributed by atoms with E-state index in [9.17, 15) is 14.4 Å². The molecule has 2 rings (SSSR count). The molecule has 0 aliphatic rings. The molecule has 1 aromatic heterocycles. The van der Waals surface area contributed by atoms with Crippen molar-refractivity contribution in [2.45, 2.75) is 39.2 Å². The third kappa shape index (κ3) is 5.34. The highest BCUT2D eigenvalue weighted by atomic mass is 16.2. The van der Waals surface area contributed by atoms with Gasteiger partial charge in [0.15, 0.2) is 0 Å². The predicted octanol–water partition coefficient (Wildman–Crippen LogP) is 2.31. The van der Waals surface area contributed by atoms with Gasteiger partial charge in [-0.05, 0) is 12.0 Å². The van der Waals surface area contributed by atoms with Crippen LogP contribution in [0.4, 0.5) is 10.5 Å². The Morgan fingerprint density at radius 1 is 1.15 bits per heavy atom. The molecule has 0 fully saturated rings. The second-order valence-corrected chi connectivity index (χ2v) is 6.28. The first-order valence-electron chi connectivity index (χ1n) is 8.92. The van der Waals surface area contributed by atoms with Gasteiger partial charge in [0.05, 0.1) is 0 Å². The molecule has 0 aliphatic carbocycles. The molecule has 0 radical (unpaired) electrons. The molecule has 140 valence electrons. The van der Waals surface area contributed by atoms with Crippen LogP contribution in [0.3, 0.4) is 0 Å². The number of amides is 1. The maximum absolute atomic E-state index is 12.3. The molecule has 1 amide bonds. The SMILES string of the molecule is CCCCCCNC(=O)n1cc(N(C)Cc2ccccc2)c(=O)[nH]c1=O. The zero-order chi connectivity index (χ0) is 18.9. The van der Waals surface area contributed by atoms with E-state index in [0.717, 1.165) is 35.8 Å². The van der Waals surface area contributed by atoms with Crippen LogP contribution in [0.1, 0.15) is 38.2 Å². The number of H-pyrrole nitrogens is 1. The Morgan fingerprint density at radius 3 is 2.58 bits per heavy atom. The minimum atomic E-state index is -0.738. The minimum absolute atomic E-state index is 0.259. The number of carbonyl (C=O) groups excluding carboxylic acids is 1. The van der Waals surface area contributed by atoms with Gasteiger partial charge in [0, 0.05) is 26.3 Å². The molecule has 2 N–H and O–H groups in total. The summed E-state index contributed by atoms with van der Waals surface area (Å²) in [6.45, 7) is 3.10. The number of rotatable bonds is 8. The number of nitrogens with zero attached hydrogens (tertiary/aromatic N) is 2. The smallest absolute Gasteiger partial charge is 0.336 e. The molecule has 0 atom stereocenters. The van der Waals surface area contributed by atoms with Crippen molar-refractivity contribution in [1.82, 2.24) is 14.9 Å². The average molecular weight is 358 g/mol. The van der Waals surface area contributed by atoms with Crippen LogP contribution in [0.15, 0.2) is 46.1 Å². The molecule has 7 heteroatoms. The van der Waals surface area contributed by atoms with Crippen LogP contribution >= 0.6 is 0 Å². The van der Waals surface area contributed by atoms with Gasteiger partial charge in [0.2, 0.25) is 0 Å². The van der Waals surface area contributed by atoms with Crippen LogP contribution in [0.25, 0.3) is 0 Å². The lowest BCUT2D eigenvalue weighted by atomic mass is 10.2. The van der Waals surface area contributed by atoms with E-state index in [4.69, 9.17) is 0 Å². The van der Waals surface area contributed by atoms with Gasteiger partial charge >= 0.3 is 11.7 Å². The molecule has 1 aromatic carbocycles. The Bertz CT molecular complexity index is 827. The summed E-state index contributed by atoms with van der Waals surface area (Å²) in [7, 11) is 1.75. The van der Waals surface area contributed by atoms with Crippen molar-refractivity contribution in [3.05, 3.63) is 62.9 Å². The third-order valence-electron chi connectivity index (χ3n) is 4.12. The lowest BCUT2D eigenvalue weighted by molar-refractivity contribution is 0.241. The summed E-state index contributed by atoms with van der Waals surface area (Å²) in [6, 6.07) is 9.12. The van der Waals surface area contributed by atoms with Gasteiger partial charge in [0.25, 0.3) is 5.56 Å². The molecule has 0 saturated heterocycles. The summed E-state index contributed by atoms with van der Waals surface area (Å²) in [5, 5.41) is 2.72. The fraction of sp³-hybridized carbons (Fsp3) is 0.421. The van der Waals surface area contributed by atoms with E-state index in [0.29, 0.717) is 13.1 Å². The molecule has 0 bridgehead atoms. The van der Waals surface area contributed by atoms with Crippen molar-refractivity contribution in [2.24, 2.45) is 0 Å². The van der Waals surface area contributed by atoms with Crippen molar-refractivity contribution in [3.8, 4) is 0 Å². The van der Waals surface area contributed by atoms with Crippen molar-refractivity contribution < 1.29 is 4.79 Å². The van der Waals surface area contributed by atoms with E-state index in [1.807, 2.05) is 30.3 Å². The molecule has 26 heavy (non-hydrogen) atoms. The first-order chi connectivity index (χ1) is 12.5. The molecule has 1 heterocycles. The highest BCUT2D eigenvalue weighted by Crippen LogP contribution is 2.09. The minimum Gasteiger partial charge on any atom is -0.365 e. The summed E-state index contributed by atoms with van der Waals surface area (Å²) in [5.41, 5.74) is 0.0282.